The molecule has 2 aromatic carbocycles. The van der Waals surface area contributed by atoms with Crippen molar-refractivity contribution < 1.29 is 14.0 Å². The zero-order chi connectivity index (χ0) is 24.5. The Balaban J connectivity index is 1.73. The molecule has 34 heavy (non-hydrogen) atoms. The number of rotatable bonds is 10. The summed E-state index contributed by atoms with van der Waals surface area (Å²) in [5.74, 6) is -0.156. The molecular weight excluding hydrogens is 471 g/mol. The highest BCUT2D eigenvalue weighted by atomic mass is 35.5. The average Bonchev–Trinajstić information content (AvgIpc) is 2.82. The van der Waals surface area contributed by atoms with Crippen LogP contribution in [-0.2, 0) is 21.9 Å². The summed E-state index contributed by atoms with van der Waals surface area (Å²) < 4.78 is 14.1. The number of carbonyl (C=O) groups is 2. The molecule has 0 saturated heterocycles. The van der Waals surface area contributed by atoms with Gasteiger partial charge in [0.2, 0.25) is 11.8 Å². The number of hydrogen-bond donors (Lipinski definition) is 1. The molecule has 184 valence electrons. The van der Waals surface area contributed by atoms with Crippen LogP contribution in [0.5, 0.6) is 0 Å². The van der Waals surface area contributed by atoms with Crippen LogP contribution in [0.25, 0.3) is 0 Å². The van der Waals surface area contributed by atoms with E-state index in [-0.39, 0.29) is 29.4 Å². The summed E-state index contributed by atoms with van der Waals surface area (Å²) in [6.07, 6.45) is 5.98. The molecule has 4 nitrogen and oxygen atoms in total. The lowest BCUT2D eigenvalue weighted by Gasteiger charge is -2.33. The zero-order valence-electron chi connectivity index (χ0n) is 20.0. The molecule has 1 atom stereocenters. The van der Waals surface area contributed by atoms with E-state index in [2.05, 4.69) is 5.32 Å². The molecule has 0 radical (unpaired) electrons. The molecule has 1 N–H and O–H groups in total. The van der Waals surface area contributed by atoms with E-state index in [1.165, 1.54) is 24.2 Å². The van der Waals surface area contributed by atoms with Gasteiger partial charge < -0.3 is 10.2 Å². The van der Waals surface area contributed by atoms with Gasteiger partial charge in [0.05, 0.1) is 5.75 Å². The fourth-order valence-corrected chi connectivity index (χ4v) is 5.68. The molecule has 0 bridgehead atoms. The minimum atomic E-state index is -0.549. The predicted molar refractivity (Wildman–Crippen MR) is 138 cm³/mol. The Kier molecular flexibility index (Phi) is 10.3. The number of amides is 2. The molecule has 7 heteroatoms. The Labute approximate surface area is 211 Å². The molecule has 1 aliphatic carbocycles. The monoisotopic (exact) mass is 504 g/mol. The van der Waals surface area contributed by atoms with Gasteiger partial charge in [0.25, 0.3) is 0 Å². The second-order valence-corrected chi connectivity index (χ2v) is 10.3. The largest absolute Gasteiger partial charge is 0.352 e. The van der Waals surface area contributed by atoms with Crippen LogP contribution in [0.2, 0.25) is 5.02 Å². The van der Waals surface area contributed by atoms with E-state index in [9.17, 15) is 14.0 Å². The van der Waals surface area contributed by atoms with E-state index in [0.717, 1.165) is 36.8 Å². The smallest absolute Gasteiger partial charge is 0.243 e. The van der Waals surface area contributed by atoms with Gasteiger partial charge in [-0.25, -0.2) is 4.39 Å². The molecule has 2 aromatic rings. The number of nitrogens with zero attached hydrogens (tertiary/aromatic N) is 1. The highest BCUT2D eigenvalue weighted by Gasteiger charge is 2.30. The molecular formula is C27H34ClFN2O2S. The van der Waals surface area contributed by atoms with Crippen molar-refractivity contribution in [2.24, 2.45) is 0 Å². The van der Waals surface area contributed by atoms with Crippen LogP contribution < -0.4 is 5.32 Å². The molecule has 2 amide bonds. The molecule has 0 unspecified atom stereocenters. The molecule has 1 aliphatic rings. The number of thioether (sulfide) groups is 1. The fraction of sp³-hybridized carbons (Fsp3) is 0.481. The number of aryl methyl sites for hydroxylation is 1. The number of carbonyl (C=O) groups excluding carboxylic acids is 2. The van der Waals surface area contributed by atoms with Crippen molar-refractivity contribution in [3.05, 3.63) is 70.0 Å². The third-order valence-electron chi connectivity index (χ3n) is 6.47. The normalized spacial score (nSPS) is 15.1. The van der Waals surface area contributed by atoms with Gasteiger partial charge in [-0.1, -0.05) is 68.1 Å². The topological polar surface area (TPSA) is 49.4 Å². The Morgan fingerprint density at radius 3 is 2.56 bits per heavy atom. The summed E-state index contributed by atoms with van der Waals surface area (Å²) in [6, 6.07) is 12.1. The zero-order valence-corrected chi connectivity index (χ0v) is 21.6. The molecule has 0 aliphatic heterocycles. The average molecular weight is 505 g/mol. The molecule has 0 heterocycles. The number of nitrogens with one attached hydrogen (secondary N) is 1. The van der Waals surface area contributed by atoms with Gasteiger partial charge >= 0.3 is 0 Å². The lowest BCUT2D eigenvalue weighted by atomic mass is 9.95. The minimum Gasteiger partial charge on any atom is -0.352 e. The van der Waals surface area contributed by atoms with Crippen LogP contribution in [-0.4, -0.2) is 34.6 Å². The minimum absolute atomic E-state index is 0.0847. The van der Waals surface area contributed by atoms with E-state index in [4.69, 9.17) is 11.6 Å². The summed E-state index contributed by atoms with van der Waals surface area (Å²) in [4.78, 5) is 28.4. The Bertz CT molecular complexity index is 961. The summed E-state index contributed by atoms with van der Waals surface area (Å²) in [5.41, 5.74) is 2.49. The van der Waals surface area contributed by atoms with Gasteiger partial charge in [-0.15, -0.1) is 11.8 Å². The van der Waals surface area contributed by atoms with E-state index < -0.39 is 6.04 Å². The Morgan fingerprint density at radius 2 is 1.88 bits per heavy atom. The van der Waals surface area contributed by atoms with Gasteiger partial charge in [-0.3, -0.25) is 9.59 Å². The first kappa shape index (κ1) is 26.6. The van der Waals surface area contributed by atoms with Crippen LogP contribution >= 0.6 is 23.4 Å². The van der Waals surface area contributed by atoms with Crippen LogP contribution in [0.4, 0.5) is 4.39 Å². The lowest BCUT2D eigenvalue weighted by Crippen LogP contribution is -2.52. The predicted octanol–water partition coefficient (Wildman–Crippen LogP) is 6.28. The van der Waals surface area contributed by atoms with Crippen molar-refractivity contribution in [2.75, 3.05) is 5.75 Å². The van der Waals surface area contributed by atoms with Crippen LogP contribution in [0.15, 0.2) is 42.5 Å². The summed E-state index contributed by atoms with van der Waals surface area (Å²) in [6.45, 7) is 4.31. The molecule has 1 saturated carbocycles. The van der Waals surface area contributed by atoms with Gasteiger partial charge in [0, 0.05) is 28.9 Å². The molecule has 0 spiro atoms. The fourth-order valence-electron chi connectivity index (χ4n) is 4.43. The third-order valence-corrected chi connectivity index (χ3v) is 7.77. The first-order valence-electron chi connectivity index (χ1n) is 12.1. The van der Waals surface area contributed by atoms with Crippen molar-refractivity contribution in [1.29, 1.82) is 0 Å². The highest BCUT2D eigenvalue weighted by molar-refractivity contribution is 7.99. The van der Waals surface area contributed by atoms with Crippen molar-refractivity contribution in [2.45, 2.75) is 76.8 Å². The van der Waals surface area contributed by atoms with Crippen LogP contribution in [0, 0.1) is 12.7 Å². The second-order valence-electron chi connectivity index (χ2n) is 8.91. The second kappa shape index (κ2) is 13.1. The highest BCUT2D eigenvalue weighted by Crippen LogP contribution is 2.25. The third kappa shape index (κ3) is 7.22. The van der Waals surface area contributed by atoms with Gasteiger partial charge in [0.15, 0.2) is 0 Å². The van der Waals surface area contributed by atoms with E-state index >= 15 is 0 Å². The van der Waals surface area contributed by atoms with Crippen molar-refractivity contribution in [3.8, 4) is 0 Å². The summed E-state index contributed by atoms with van der Waals surface area (Å²) in [5, 5.41) is 3.55. The van der Waals surface area contributed by atoms with Crippen molar-refractivity contribution >= 4 is 35.2 Å². The van der Waals surface area contributed by atoms with Crippen molar-refractivity contribution in [3.63, 3.8) is 0 Å². The number of halogens is 2. The summed E-state index contributed by atoms with van der Waals surface area (Å²) >= 11 is 7.45. The van der Waals surface area contributed by atoms with E-state index in [0.29, 0.717) is 29.3 Å². The van der Waals surface area contributed by atoms with Crippen molar-refractivity contribution in [1.82, 2.24) is 10.2 Å². The maximum absolute atomic E-state index is 14.1. The number of hydrogen-bond acceptors (Lipinski definition) is 3. The first-order chi connectivity index (χ1) is 16.4. The molecule has 0 aromatic heterocycles. The Hall–Kier alpha value is -2.05. The van der Waals surface area contributed by atoms with Gasteiger partial charge in [-0.2, -0.15) is 0 Å². The summed E-state index contributed by atoms with van der Waals surface area (Å²) in [7, 11) is 0. The maximum Gasteiger partial charge on any atom is 0.243 e. The number of benzene rings is 2. The molecule has 1 fully saturated rings. The van der Waals surface area contributed by atoms with Crippen LogP contribution in [0.1, 0.15) is 62.1 Å². The lowest BCUT2D eigenvalue weighted by molar-refractivity contribution is -0.139. The van der Waals surface area contributed by atoms with E-state index in [1.54, 1.807) is 17.0 Å². The first-order valence-corrected chi connectivity index (χ1v) is 13.6. The van der Waals surface area contributed by atoms with Gasteiger partial charge in [0.1, 0.15) is 11.9 Å². The quantitative estimate of drug-likeness (QED) is 0.414. The maximum atomic E-state index is 14.1. The molecule has 3 rings (SSSR count). The Morgan fingerprint density at radius 1 is 1.15 bits per heavy atom. The van der Waals surface area contributed by atoms with E-state index in [1.807, 2.05) is 38.1 Å². The standard InChI is InChI=1S/C27H34ClFN2O2S/c1-3-25(27(33)30-21-12-5-4-6-13-21)31(16-20-11-8-7-10-19(20)2)26(32)18-34-17-22-23(28)14-9-15-24(22)29/h7-11,14-15,21,25H,3-6,12-13,16-18H2,1-2H3,(H,30,33)/t25-/m1/s1. The van der Waals surface area contributed by atoms with Gasteiger partial charge in [-0.05, 0) is 49.4 Å². The SMILES string of the molecule is CC[C@H](C(=O)NC1CCCCC1)N(Cc1ccccc1C)C(=O)CSCc1c(F)cccc1Cl. The van der Waals surface area contributed by atoms with Crippen LogP contribution in [0.3, 0.4) is 0 Å².